The van der Waals surface area contributed by atoms with Crippen molar-refractivity contribution in [2.45, 2.75) is 25.7 Å². The van der Waals surface area contributed by atoms with E-state index in [2.05, 4.69) is 5.32 Å². The summed E-state index contributed by atoms with van der Waals surface area (Å²) in [4.78, 5) is 14.1. The topological polar surface area (TPSA) is 32.3 Å². The molecule has 3 heteroatoms. The first-order valence-corrected chi connectivity index (χ1v) is 6.85. The van der Waals surface area contributed by atoms with Crippen molar-refractivity contribution in [2.24, 2.45) is 5.41 Å². The predicted molar refractivity (Wildman–Crippen MR) is 72.6 cm³/mol. The van der Waals surface area contributed by atoms with Crippen LogP contribution < -0.4 is 10.2 Å². The van der Waals surface area contributed by atoms with Crippen molar-refractivity contribution in [1.29, 1.82) is 0 Å². The van der Waals surface area contributed by atoms with Gasteiger partial charge in [0.1, 0.15) is 0 Å². The van der Waals surface area contributed by atoms with E-state index >= 15 is 0 Å². The number of nitrogens with zero attached hydrogens (tertiary/aromatic N) is 1. The van der Waals surface area contributed by atoms with Crippen LogP contribution in [0.5, 0.6) is 0 Å². The number of benzene rings is 1. The van der Waals surface area contributed by atoms with Gasteiger partial charge in [-0.1, -0.05) is 18.2 Å². The molecule has 96 valence electrons. The maximum Gasteiger partial charge on any atom is 0.227 e. The summed E-state index contributed by atoms with van der Waals surface area (Å²) in [5, 5.41) is 3.42. The van der Waals surface area contributed by atoms with Crippen molar-refractivity contribution < 1.29 is 4.79 Å². The van der Waals surface area contributed by atoms with Crippen molar-refractivity contribution in [1.82, 2.24) is 5.32 Å². The molecule has 0 atom stereocenters. The Kier molecular flexibility index (Phi) is 3.08. The second kappa shape index (κ2) is 4.73. The van der Waals surface area contributed by atoms with Gasteiger partial charge in [0.2, 0.25) is 5.91 Å². The highest BCUT2D eigenvalue weighted by Crippen LogP contribution is 2.39. The van der Waals surface area contributed by atoms with Crippen molar-refractivity contribution in [3.63, 3.8) is 0 Å². The van der Waals surface area contributed by atoms with Crippen LogP contribution >= 0.6 is 0 Å². The fourth-order valence-electron chi connectivity index (χ4n) is 3.22. The molecule has 1 aromatic carbocycles. The minimum absolute atomic E-state index is 0.283. The zero-order valence-electron chi connectivity index (χ0n) is 10.7. The van der Waals surface area contributed by atoms with E-state index < -0.39 is 0 Å². The Balaban J connectivity index is 1.83. The Hall–Kier alpha value is -1.35. The van der Waals surface area contributed by atoms with Gasteiger partial charge in [-0.25, -0.2) is 0 Å². The summed E-state index contributed by atoms with van der Waals surface area (Å²) in [7, 11) is 0. The number of hydrogen-bond acceptors (Lipinski definition) is 2. The second-order valence-corrected chi connectivity index (χ2v) is 5.57. The standard InChI is InChI=1S/C15H20N2O/c18-14-6-7-15(8-10-16-11-9-15)12-17(14)13-4-2-1-3-5-13/h1-5,16H,6-12H2. The molecule has 2 saturated heterocycles. The molecule has 2 heterocycles. The van der Waals surface area contributed by atoms with Gasteiger partial charge in [-0.2, -0.15) is 0 Å². The number of hydrogen-bond donors (Lipinski definition) is 1. The zero-order valence-corrected chi connectivity index (χ0v) is 10.7. The molecule has 3 rings (SSSR count). The van der Waals surface area contributed by atoms with Crippen LogP contribution in [-0.2, 0) is 4.79 Å². The lowest BCUT2D eigenvalue weighted by molar-refractivity contribution is -0.121. The number of amides is 1. The highest BCUT2D eigenvalue weighted by Gasteiger charge is 2.39. The van der Waals surface area contributed by atoms with Crippen molar-refractivity contribution in [2.75, 3.05) is 24.5 Å². The van der Waals surface area contributed by atoms with Gasteiger partial charge in [-0.05, 0) is 49.9 Å². The van der Waals surface area contributed by atoms with Gasteiger partial charge >= 0.3 is 0 Å². The third-order valence-electron chi connectivity index (χ3n) is 4.40. The molecule has 2 aliphatic rings. The predicted octanol–water partition coefficient (Wildman–Crippen LogP) is 2.18. The van der Waals surface area contributed by atoms with Gasteiger partial charge < -0.3 is 10.2 Å². The lowest BCUT2D eigenvalue weighted by atomic mass is 9.72. The molecule has 0 bridgehead atoms. The fraction of sp³-hybridized carbons (Fsp3) is 0.533. The average molecular weight is 244 g/mol. The first-order chi connectivity index (χ1) is 8.79. The number of nitrogens with one attached hydrogen (secondary N) is 1. The minimum atomic E-state index is 0.283. The maximum atomic E-state index is 12.1. The number of anilines is 1. The third kappa shape index (κ3) is 2.15. The molecule has 2 fully saturated rings. The quantitative estimate of drug-likeness (QED) is 0.821. The van der Waals surface area contributed by atoms with E-state index in [1.165, 1.54) is 12.8 Å². The Bertz CT molecular complexity index is 423. The van der Waals surface area contributed by atoms with Gasteiger partial charge in [-0.3, -0.25) is 4.79 Å². The molecule has 0 aliphatic carbocycles. The average Bonchev–Trinajstić information content (AvgIpc) is 2.44. The summed E-state index contributed by atoms with van der Waals surface area (Å²) in [6, 6.07) is 10.1. The fourth-order valence-corrected chi connectivity index (χ4v) is 3.22. The van der Waals surface area contributed by atoms with Crippen LogP contribution in [0.25, 0.3) is 0 Å². The number of carbonyl (C=O) groups excluding carboxylic acids is 1. The van der Waals surface area contributed by atoms with Crippen LogP contribution in [0, 0.1) is 5.41 Å². The van der Waals surface area contributed by atoms with E-state index in [0.717, 1.165) is 31.7 Å². The smallest absolute Gasteiger partial charge is 0.227 e. The van der Waals surface area contributed by atoms with Gasteiger partial charge in [0.15, 0.2) is 0 Å². The second-order valence-electron chi connectivity index (χ2n) is 5.57. The van der Waals surface area contributed by atoms with Gasteiger partial charge in [0.25, 0.3) is 0 Å². The van der Waals surface area contributed by atoms with Gasteiger partial charge in [0.05, 0.1) is 0 Å². The first-order valence-electron chi connectivity index (χ1n) is 6.85. The van der Waals surface area contributed by atoms with E-state index in [1.807, 2.05) is 35.2 Å². The Morgan fingerprint density at radius 3 is 2.50 bits per heavy atom. The molecule has 1 spiro atoms. The molecule has 1 amide bonds. The highest BCUT2D eigenvalue weighted by molar-refractivity contribution is 5.94. The lowest BCUT2D eigenvalue weighted by Crippen LogP contribution is -2.50. The monoisotopic (exact) mass is 244 g/mol. The SMILES string of the molecule is O=C1CCC2(CCNCC2)CN1c1ccccc1. The summed E-state index contributed by atoms with van der Waals surface area (Å²) < 4.78 is 0. The van der Waals surface area contributed by atoms with E-state index in [9.17, 15) is 4.79 Å². The maximum absolute atomic E-state index is 12.1. The van der Waals surface area contributed by atoms with Crippen molar-refractivity contribution in [3.8, 4) is 0 Å². The number of carbonyl (C=O) groups is 1. The number of para-hydroxylation sites is 1. The van der Waals surface area contributed by atoms with Crippen molar-refractivity contribution in [3.05, 3.63) is 30.3 Å². The summed E-state index contributed by atoms with van der Waals surface area (Å²) in [6.07, 6.45) is 4.17. The Morgan fingerprint density at radius 2 is 1.78 bits per heavy atom. The molecule has 1 N–H and O–H groups in total. The third-order valence-corrected chi connectivity index (χ3v) is 4.40. The van der Waals surface area contributed by atoms with E-state index in [4.69, 9.17) is 0 Å². The number of rotatable bonds is 1. The highest BCUT2D eigenvalue weighted by atomic mass is 16.2. The van der Waals surface area contributed by atoms with Crippen LogP contribution in [-0.4, -0.2) is 25.5 Å². The van der Waals surface area contributed by atoms with Crippen LogP contribution in [0.4, 0.5) is 5.69 Å². The van der Waals surface area contributed by atoms with E-state index in [0.29, 0.717) is 11.8 Å². The molecule has 0 unspecified atom stereocenters. The molecular weight excluding hydrogens is 224 g/mol. The summed E-state index contributed by atoms with van der Waals surface area (Å²) in [5.74, 6) is 0.283. The van der Waals surface area contributed by atoms with Crippen LogP contribution in [0.2, 0.25) is 0 Å². The molecule has 3 nitrogen and oxygen atoms in total. The summed E-state index contributed by atoms with van der Waals surface area (Å²) in [6.45, 7) is 3.09. The van der Waals surface area contributed by atoms with Gasteiger partial charge in [-0.15, -0.1) is 0 Å². The van der Waals surface area contributed by atoms with Crippen molar-refractivity contribution >= 4 is 11.6 Å². The summed E-state index contributed by atoms with van der Waals surface area (Å²) >= 11 is 0. The molecular formula is C15H20N2O. The summed E-state index contributed by atoms with van der Waals surface area (Å²) in [5.41, 5.74) is 1.41. The molecule has 0 aromatic heterocycles. The molecule has 18 heavy (non-hydrogen) atoms. The first kappa shape index (κ1) is 11.7. The normalized spacial score (nSPS) is 23.3. The van der Waals surface area contributed by atoms with Gasteiger partial charge in [0, 0.05) is 18.7 Å². The lowest BCUT2D eigenvalue weighted by Gasteiger charge is -2.45. The van der Waals surface area contributed by atoms with Crippen LogP contribution in [0.1, 0.15) is 25.7 Å². The molecule has 1 aromatic rings. The molecule has 0 saturated carbocycles. The zero-order chi connectivity index (χ0) is 12.4. The van der Waals surface area contributed by atoms with E-state index in [-0.39, 0.29) is 5.91 Å². The van der Waals surface area contributed by atoms with Crippen LogP contribution in [0.3, 0.4) is 0 Å². The molecule has 0 radical (unpaired) electrons. The Morgan fingerprint density at radius 1 is 1.06 bits per heavy atom. The largest absolute Gasteiger partial charge is 0.317 e. The minimum Gasteiger partial charge on any atom is -0.317 e. The van der Waals surface area contributed by atoms with Crippen LogP contribution in [0.15, 0.2) is 30.3 Å². The Labute approximate surface area is 108 Å². The molecule has 2 aliphatic heterocycles. The van der Waals surface area contributed by atoms with E-state index in [1.54, 1.807) is 0 Å². The number of piperidine rings is 2.